The summed E-state index contributed by atoms with van der Waals surface area (Å²) in [6.45, 7) is 2.26. The fourth-order valence-electron chi connectivity index (χ4n) is 2.34. The third-order valence-electron chi connectivity index (χ3n) is 3.64. The molecular formula is C18H33Mg2NaO6Si. The number of rotatable bonds is 15. The minimum Gasteiger partial charge on any atom is -0.894 e. The van der Waals surface area contributed by atoms with Crippen molar-refractivity contribution in [2.24, 2.45) is 0 Å². The number of carbonyl (C=O) groups excluding carboxylic acids is 1. The van der Waals surface area contributed by atoms with Crippen LogP contribution in [0, 0.1) is 0 Å². The first-order valence-electron chi connectivity index (χ1n) is 9.44. The number of allylic oxidation sites excluding steroid dienone is 2. The number of hydrogen-bond acceptors (Lipinski definition) is 6. The molecule has 6 nitrogen and oxygen atoms in total. The van der Waals surface area contributed by atoms with E-state index in [1.165, 1.54) is 64.2 Å². The smallest absolute Gasteiger partial charge is 0.894 e. The van der Waals surface area contributed by atoms with Crippen molar-refractivity contribution < 1.29 is 58.6 Å². The van der Waals surface area contributed by atoms with E-state index < -0.39 is 15.0 Å². The fraction of sp³-hybridized carbons (Fsp3) is 0.833. The van der Waals surface area contributed by atoms with Crippen LogP contribution in [0.15, 0.2) is 12.2 Å². The van der Waals surface area contributed by atoms with Crippen LogP contribution in [0.1, 0.15) is 96.8 Å². The summed E-state index contributed by atoms with van der Waals surface area (Å²) in [5.41, 5.74) is 0. The Balaban J connectivity index is -0.000000195. The maximum atomic E-state index is 10.2. The molecule has 0 fully saturated rings. The molecule has 0 saturated carbocycles. The van der Waals surface area contributed by atoms with Crippen LogP contribution in [0.25, 0.3) is 0 Å². The number of carbonyl (C=O) groups is 1. The van der Waals surface area contributed by atoms with Crippen molar-refractivity contribution in [3.05, 3.63) is 12.2 Å². The summed E-state index contributed by atoms with van der Waals surface area (Å²) in [5, 5.41) is 10.2. The molecule has 0 radical (unpaired) electrons. The Bertz CT molecular complexity index is 326. The predicted octanol–water partition coefficient (Wildman–Crippen LogP) is -4.12. The second-order valence-corrected chi connectivity index (χ2v) is 7.21. The number of unbranched alkanes of at least 4 members (excludes halogenated alkanes) is 11. The van der Waals surface area contributed by atoms with Crippen LogP contribution in [-0.4, -0.2) is 61.1 Å². The topological polar surface area (TPSA) is 132 Å². The summed E-state index contributed by atoms with van der Waals surface area (Å²) in [4.78, 5) is 44.5. The molecule has 0 spiro atoms. The van der Waals surface area contributed by atoms with Gasteiger partial charge < -0.3 is 38.1 Å². The molecule has 0 aromatic carbocycles. The van der Waals surface area contributed by atoms with Crippen LogP contribution >= 0.6 is 0 Å². The minimum atomic E-state index is -5.61. The van der Waals surface area contributed by atoms with Crippen LogP contribution in [0.2, 0.25) is 0 Å². The third kappa shape index (κ3) is 56.5. The number of carboxylic acid groups (broad SMARTS) is 1. The molecule has 0 N–H and O–H groups in total. The molecule has 0 unspecified atom stereocenters. The van der Waals surface area contributed by atoms with Crippen molar-refractivity contribution in [3.8, 4) is 0 Å². The van der Waals surface area contributed by atoms with Gasteiger partial charge in [0, 0.05) is 5.97 Å². The van der Waals surface area contributed by atoms with Gasteiger partial charge in [0.2, 0.25) is 0 Å². The molecule has 0 saturated heterocycles. The van der Waals surface area contributed by atoms with Crippen molar-refractivity contribution in [3.63, 3.8) is 0 Å². The number of carboxylic acids is 1. The zero-order valence-electron chi connectivity index (χ0n) is 17.9. The molecular weight excluding hydrogens is 412 g/mol. The molecule has 28 heavy (non-hydrogen) atoms. The van der Waals surface area contributed by atoms with Crippen LogP contribution in [0.5, 0.6) is 0 Å². The molecule has 150 valence electrons. The van der Waals surface area contributed by atoms with Gasteiger partial charge >= 0.3 is 75.7 Å². The number of hydrogen-bond donors (Lipinski definition) is 0. The Morgan fingerprint density at radius 2 is 1.04 bits per heavy atom. The fourth-order valence-corrected chi connectivity index (χ4v) is 2.34. The maximum Gasteiger partial charge on any atom is 2.00 e. The largest absolute Gasteiger partial charge is 2.00 e. The summed E-state index contributed by atoms with van der Waals surface area (Å²) in [6.07, 6.45) is 20.9. The summed E-state index contributed by atoms with van der Waals surface area (Å²) < 4.78 is 0. The normalized spacial score (nSPS) is 10.2. The predicted molar refractivity (Wildman–Crippen MR) is 102 cm³/mol. The molecule has 0 aromatic heterocycles. The van der Waals surface area contributed by atoms with E-state index in [0.29, 0.717) is 0 Å². The van der Waals surface area contributed by atoms with Crippen molar-refractivity contribution in [1.82, 2.24) is 0 Å². The van der Waals surface area contributed by atoms with Gasteiger partial charge in [0.25, 0.3) is 0 Å². The van der Waals surface area contributed by atoms with Gasteiger partial charge in [-0.05, 0) is 38.5 Å². The monoisotopic (exact) mass is 444 g/mol. The van der Waals surface area contributed by atoms with E-state index in [9.17, 15) is 9.90 Å². The zero-order chi connectivity index (χ0) is 19.4. The van der Waals surface area contributed by atoms with Gasteiger partial charge in [-0.2, -0.15) is 0 Å². The first-order chi connectivity index (χ1) is 11.8. The first-order valence-corrected chi connectivity index (χ1v) is 11.1. The average molecular weight is 445 g/mol. The quantitative estimate of drug-likeness (QED) is 0.143. The molecule has 0 aliphatic rings. The third-order valence-corrected chi connectivity index (χ3v) is 3.64. The Kier molecular flexibility index (Phi) is 44.5. The van der Waals surface area contributed by atoms with Gasteiger partial charge in [0.05, 0.1) is 0 Å². The molecule has 0 rings (SSSR count). The van der Waals surface area contributed by atoms with E-state index in [1.807, 2.05) is 0 Å². The van der Waals surface area contributed by atoms with Crippen LogP contribution < -0.4 is 53.8 Å². The van der Waals surface area contributed by atoms with Gasteiger partial charge in [-0.25, -0.2) is 0 Å². The Morgan fingerprint density at radius 1 is 0.714 bits per heavy atom. The molecule has 0 aliphatic heterocycles. The molecule has 0 bridgehead atoms. The average Bonchev–Trinajstić information content (AvgIpc) is 2.49. The molecule has 0 aromatic rings. The molecule has 10 heteroatoms. The molecule has 0 atom stereocenters. The van der Waals surface area contributed by atoms with Crippen LogP contribution in [0.4, 0.5) is 0 Å². The summed E-state index contributed by atoms with van der Waals surface area (Å²) in [7, 11) is -5.61. The van der Waals surface area contributed by atoms with E-state index in [4.69, 9.17) is 19.2 Å². The van der Waals surface area contributed by atoms with Gasteiger partial charge in [0.1, 0.15) is 0 Å². The summed E-state index contributed by atoms with van der Waals surface area (Å²) in [6, 6.07) is 0. The van der Waals surface area contributed by atoms with E-state index in [1.54, 1.807) is 0 Å². The minimum absolute atomic E-state index is 0. The van der Waals surface area contributed by atoms with Gasteiger partial charge in [0.15, 0.2) is 0 Å². The zero-order valence-corrected chi connectivity index (χ0v) is 23.7. The standard InChI is InChI=1S/C18H34O2.2Mg.Na.O4Si/c1-2-3-4-5-6-7-8-9-10-11-12-13-14-15-16-17-18(19)20;;;;1-5(2,3)4/h9-10H,2-8,11-17H2,1H3,(H,19,20);;;;/q;2*+2;+1;-4/p-1/b10-9-;;;;. The Hall–Kier alpha value is 1.80. The maximum absolute atomic E-state index is 10.2. The van der Waals surface area contributed by atoms with Gasteiger partial charge in [-0.3, -0.25) is 0 Å². The second-order valence-electron chi connectivity index (χ2n) is 6.21. The SMILES string of the molecule is CCCCCCCC/C=C\CCCCCCCC(=O)[O-].[Mg+2].[Mg+2].[Na+].[O-][Si]([O-])([O-])[O-]. The molecule has 0 aliphatic carbocycles. The van der Waals surface area contributed by atoms with Crippen molar-refractivity contribution in [1.29, 1.82) is 0 Å². The first kappa shape index (κ1) is 40.2. The molecule has 0 heterocycles. The summed E-state index contributed by atoms with van der Waals surface area (Å²) in [5.74, 6) is -0.914. The number of aliphatic carboxylic acids is 1. The van der Waals surface area contributed by atoms with E-state index in [0.717, 1.165) is 19.3 Å². The van der Waals surface area contributed by atoms with Crippen molar-refractivity contribution in [2.45, 2.75) is 96.8 Å². The van der Waals surface area contributed by atoms with Crippen LogP contribution in [0.3, 0.4) is 0 Å². The van der Waals surface area contributed by atoms with E-state index >= 15 is 0 Å². The van der Waals surface area contributed by atoms with Crippen molar-refractivity contribution in [2.75, 3.05) is 0 Å². The van der Waals surface area contributed by atoms with Crippen LogP contribution in [-0.2, 0) is 4.79 Å². The van der Waals surface area contributed by atoms with E-state index in [-0.39, 0.29) is 82.1 Å². The molecule has 0 amide bonds. The van der Waals surface area contributed by atoms with Gasteiger partial charge in [-0.15, -0.1) is 0 Å². The van der Waals surface area contributed by atoms with Gasteiger partial charge in [-0.1, -0.05) is 70.4 Å². The van der Waals surface area contributed by atoms with Crippen molar-refractivity contribution >= 4 is 61.1 Å². The summed E-state index contributed by atoms with van der Waals surface area (Å²) >= 11 is 0. The second kappa shape index (κ2) is 31.0. The Morgan fingerprint density at radius 3 is 1.39 bits per heavy atom. The van der Waals surface area contributed by atoms with E-state index in [2.05, 4.69) is 19.1 Å². The Labute approximate surface area is 226 Å².